The van der Waals surface area contributed by atoms with Crippen molar-refractivity contribution in [2.45, 2.75) is 13.3 Å². The van der Waals surface area contributed by atoms with Crippen molar-refractivity contribution in [2.75, 3.05) is 51.3 Å². The minimum absolute atomic E-state index is 0.253. The molecular formula is C16H24N2O3. The molecule has 0 saturated carbocycles. The maximum atomic E-state index is 11.7. The molecule has 0 unspecified atom stereocenters. The van der Waals surface area contributed by atoms with Crippen LogP contribution in [0.4, 0.5) is 5.69 Å². The Morgan fingerprint density at radius 1 is 1.29 bits per heavy atom. The summed E-state index contributed by atoms with van der Waals surface area (Å²) in [7, 11) is 0. The third-order valence-electron chi connectivity index (χ3n) is 3.42. The van der Waals surface area contributed by atoms with E-state index in [9.17, 15) is 4.79 Å². The maximum absolute atomic E-state index is 11.7. The predicted molar refractivity (Wildman–Crippen MR) is 82.8 cm³/mol. The van der Waals surface area contributed by atoms with Crippen LogP contribution in [-0.2, 0) is 9.47 Å². The number of carbonyl (C=O) groups is 1. The van der Waals surface area contributed by atoms with Crippen molar-refractivity contribution in [1.29, 1.82) is 0 Å². The van der Waals surface area contributed by atoms with Crippen molar-refractivity contribution in [2.24, 2.45) is 0 Å². The summed E-state index contributed by atoms with van der Waals surface area (Å²) in [5, 5.41) is 3.37. The lowest BCUT2D eigenvalue weighted by Gasteiger charge is -2.26. The molecule has 1 aliphatic heterocycles. The number of nitrogens with zero attached hydrogens (tertiary/aromatic N) is 1. The lowest BCUT2D eigenvalue weighted by Crippen LogP contribution is -2.38. The van der Waals surface area contributed by atoms with Gasteiger partial charge in [-0.1, -0.05) is 6.92 Å². The van der Waals surface area contributed by atoms with E-state index in [1.165, 1.54) is 0 Å². The maximum Gasteiger partial charge on any atom is 0.338 e. The zero-order valence-corrected chi connectivity index (χ0v) is 12.6. The Kier molecular flexibility index (Phi) is 6.50. The first-order chi connectivity index (χ1) is 10.3. The van der Waals surface area contributed by atoms with E-state index in [1.54, 1.807) is 12.1 Å². The van der Waals surface area contributed by atoms with Crippen LogP contribution in [0.3, 0.4) is 0 Å². The van der Waals surface area contributed by atoms with E-state index < -0.39 is 0 Å². The number of nitrogens with one attached hydrogen (secondary N) is 1. The van der Waals surface area contributed by atoms with Gasteiger partial charge in [-0.25, -0.2) is 4.79 Å². The Labute approximate surface area is 126 Å². The summed E-state index contributed by atoms with van der Waals surface area (Å²) in [6.45, 7) is 8.01. The molecule has 1 saturated heterocycles. The number of carbonyl (C=O) groups excluding carboxylic acids is 1. The molecule has 1 fully saturated rings. The first-order valence-electron chi connectivity index (χ1n) is 7.60. The summed E-state index contributed by atoms with van der Waals surface area (Å²) >= 11 is 0. The lowest BCUT2D eigenvalue weighted by atomic mass is 10.2. The molecule has 0 spiro atoms. The molecule has 0 amide bonds. The highest BCUT2D eigenvalue weighted by Crippen LogP contribution is 2.10. The fourth-order valence-electron chi connectivity index (χ4n) is 2.19. The summed E-state index contributed by atoms with van der Waals surface area (Å²) in [5.41, 5.74) is 1.62. The Morgan fingerprint density at radius 2 is 2.00 bits per heavy atom. The van der Waals surface area contributed by atoms with Crippen molar-refractivity contribution in [1.82, 2.24) is 4.90 Å². The van der Waals surface area contributed by atoms with Crippen molar-refractivity contribution < 1.29 is 14.3 Å². The van der Waals surface area contributed by atoms with E-state index in [2.05, 4.69) is 10.2 Å². The Hall–Kier alpha value is -1.59. The molecule has 0 aliphatic carbocycles. The molecule has 1 aromatic rings. The van der Waals surface area contributed by atoms with Crippen LogP contribution in [0.25, 0.3) is 0 Å². The average Bonchev–Trinajstić information content (AvgIpc) is 2.54. The van der Waals surface area contributed by atoms with E-state index >= 15 is 0 Å². The molecule has 2 rings (SSSR count). The van der Waals surface area contributed by atoms with Crippen LogP contribution in [0.5, 0.6) is 0 Å². The van der Waals surface area contributed by atoms with Crippen molar-refractivity contribution in [3.63, 3.8) is 0 Å². The van der Waals surface area contributed by atoms with Crippen LogP contribution in [0, 0.1) is 0 Å². The molecule has 1 aliphatic rings. The first kappa shape index (κ1) is 15.8. The van der Waals surface area contributed by atoms with Gasteiger partial charge < -0.3 is 14.8 Å². The van der Waals surface area contributed by atoms with Crippen molar-refractivity contribution in [3.8, 4) is 0 Å². The van der Waals surface area contributed by atoms with E-state index in [4.69, 9.17) is 9.47 Å². The van der Waals surface area contributed by atoms with Gasteiger partial charge in [0.1, 0.15) is 0 Å². The number of ether oxygens (including phenoxy) is 2. The van der Waals surface area contributed by atoms with Gasteiger partial charge in [0.05, 0.1) is 25.4 Å². The molecule has 116 valence electrons. The van der Waals surface area contributed by atoms with Crippen LogP contribution >= 0.6 is 0 Å². The zero-order valence-electron chi connectivity index (χ0n) is 12.6. The summed E-state index contributed by atoms with van der Waals surface area (Å²) in [4.78, 5) is 14.1. The summed E-state index contributed by atoms with van der Waals surface area (Å²) in [6, 6.07) is 7.44. The number of benzene rings is 1. The lowest BCUT2D eigenvalue weighted by molar-refractivity contribution is 0.0398. The van der Waals surface area contributed by atoms with Gasteiger partial charge in [0, 0.05) is 31.9 Å². The molecule has 1 N–H and O–H groups in total. The van der Waals surface area contributed by atoms with Gasteiger partial charge in [-0.15, -0.1) is 0 Å². The molecule has 1 aromatic carbocycles. The SMILES string of the molecule is CCCOC(=O)c1ccc(NCCN2CCOCC2)cc1. The normalized spacial score (nSPS) is 15.7. The van der Waals surface area contributed by atoms with Crippen LogP contribution in [0.2, 0.25) is 0 Å². The second-order valence-electron chi connectivity index (χ2n) is 5.09. The van der Waals surface area contributed by atoms with Gasteiger partial charge in [-0.2, -0.15) is 0 Å². The minimum Gasteiger partial charge on any atom is -0.462 e. The molecule has 5 heteroatoms. The van der Waals surface area contributed by atoms with Gasteiger partial charge in [0.15, 0.2) is 0 Å². The van der Waals surface area contributed by atoms with Gasteiger partial charge in [0.25, 0.3) is 0 Å². The van der Waals surface area contributed by atoms with Crippen LogP contribution < -0.4 is 5.32 Å². The van der Waals surface area contributed by atoms with Crippen molar-refractivity contribution >= 4 is 11.7 Å². The second-order valence-corrected chi connectivity index (χ2v) is 5.09. The van der Waals surface area contributed by atoms with Crippen LogP contribution in [0.15, 0.2) is 24.3 Å². The van der Waals surface area contributed by atoms with E-state index in [1.807, 2.05) is 19.1 Å². The fourth-order valence-corrected chi connectivity index (χ4v) is 2.19. The molecule has 0 aromatic heterocycles. The highest BCUT2D eigenvalue weighted by molar-refractivity contribution is 5.89. The second kappa shape index (κ2) is 8.64. The number of esters is 1. The Morgan fingerprint density at radius 3 is 2.67 bits per heavy atom. The Bertz CT molecular complexity index is 428. The zero-order chi connectivity index (χ0) is 14.9. The van der Waals surface area contributed by atoms with Crippen molar-refractivity contribution in [3.05, 3.63) is 29.8 Å². The van der Waals surface area contributed by atoms with Gasteiger partial charge >= 0.3 is 5.97 Å². The summed E-state index contributed by atoms with van der Waals surface area (Å²) < 4.78 is 10.4. The standard InChI is InChI=1S/C16H24N2O3/c1-2-11-21-16(19)14-3-5-15(6-4-14)17-7-8-18-9-12-20-13-10-18/h3-6,17H,2,7-13H2,1H3. The van der Waals surface area contributed by atoms with Crippen LogP contribution in [0.1, 0.15) is 23.7 Å². The Balaban J connectivity index is 1.72. The number of morpholine rings is 1. The average molecular weight is 292 g/mol. The highest BCUT2D eigenvalue weighted by Gasteiger charge is 2.09. The molecule has 0 atom stereocenters. The molecule has 0 bridgehead atoms. The number of hydrogen-bond donors (Lipinski definition) is 1. The number of hydrogen-bond acceptors (Lipinski definition) is 5. The third-order valence-corrected chi connectivity index (χ3v) is 3.42. The molecule has 1 heterocycles. The van der Waals surface area contributed by atoms with E-state index in [0.717, 1.165) is 51.5 Å². The predicted octanol–water partition coefficient (Wildman–Crippen LogP) is 2.00. The largest absolute Gasteiger partial charge is 0.462 e. The molecule has 5 nitrogen and oxygen atoms in total. The minimum atomic E-state index is -0.253. The van der Waals surface area contributed by atoms with Crippen LogP contribution in [-0.4, -0.2) is 56.9 Å². The number of rotatable bonds is 7. The molecule has 0 radical (unpaired) electrons. The highest BCUT2D eigenvalue weighted by atomic mass is 16.5. The fraction of sp³-hybridized carbons (Fsp3) is 0.562. The van der Waals surface area contributed by atoms with E-state index in [-0.39, 0.29) is 5.97 Å². The van der Waals surface area contributed by atoms with E-state index in [0.29, 0.717) is 12.2 Å². The first-order valence-corrected chi connectivity index (χ1v) is 7.60. The summed E-state index contributed by atoms with van der Waals surface area (Å²) in [5.74, 6) is -0.253. The monoisotopic (exact) mass is 292 g/mol. The van der Waals surface area contributed by atoms with Gasteiger partial charge in [-0.05, 0) is 30.7 Å². The molecule has 21 heavy (non-hydrogen) atoms. The van der Waals surface area contributed by atoms with Gasteiger partial charge in [0.2, 0.25) is 0 Å². The summed E-state index contributed by atoms with van der Waals surface area (Å²) in [6.07, 6.45) is 0.840. The molecular weight excluding hydrogens is 268 g/mol. The third kappa shape index (κ3) is 5.36. The van der Waals surface area contributed by atoms with Gasteiger partial charge in [-0.3, -0.25) is 4.90 Å². The smallest absolute Gasteiger partial charge is 0.338 e. The number of anilines is 1. The quantitative estimate of drug-likeness (QED) is 0.779. The topological polar surface area (TPSA) is 50.8 Å².